The lowest BCUT2D eigenvalue weighted by molar-refractivity contribution is 0.0836. The molecule has 0 spiro atoms. The summed E-state index contributed by atoms with van der Waals surface area (Å²) in [6.45, 7) is 6.17. The molecule has 2 nitrogen and oxygen atoms in total. The summed E-state index contributed by atoms with van der Waals surface area (Å²) in [5.41, 5.74) is 4.40. The van der Waals surface area contributed by atoms with E-state index in [2.05, 4.69) is 24.1 Å². The Balaban J connectivity index is 2.28. The van der Waals surface area contributed by atoms with Gasteiger partial charge in [-0.3, -0.25) is 0 Å². The van der Waals surface area contributed by atoms with Crippen molar-refractivity contribution in [3.63, 3.8) is 0 Å². The number of aromatic nitrogens is 1. The summed E-state index contributed by atoms with van der Waals surface area (Å²) in [6.07, 6.45) is 12.1. The molecule has 0 bridgehead atoms. The second kappa shape index (κ2) is 5.15. The average molecular weight is 245 g/mol. The lowest BCUT2D eigenvalue weighted by atomic mass is 9.96. The number of nitrogens with one attached hydrogen (secondary N) is 1. The van der Waals surface area contributed by atoms with Gasteiger partial charge in [0, 0.05) is 11.4 Å². The van der Waals surface area contributed by atoms with Crippen LogP contribution in [0.15, 0.2) is 12.2 Å². The Labute approximate surface area is 109 Å². The molecule has 2 rings (SSSR count). The van der Waals surface area contributed by atoms with Crippen LogP contribution in [0.2, 0.25) is 0 Å². The number of hydrogen-bond donors (Lipinski definition) is 2. The highest BCUT2D eigenvalue weighted by Gasteiger charge is 2.18. The van der Waals surface area contributed by atoms with Crippen LogP contribution >= 0.6 is 0 Å². The van der Waals surface area contributed by atoms with Crippen molar-refractivity contribution in [2.75, 3.05) is 0 Å². The predicted molar refractivity (Wildman–Crippen MR) is 77.5 cm³/mol. The highest BCUT2D eigenvalue weighted by molar-refractivity contribution is 5.66. The first-order valence-electron chi connectivity index (χ1n) is 6.89. The summed E-state index contributed by atoms with van der Waals surface area (Å²) in [5.74, 6) is 0. The molecule has 1 aromatic heterocycles. The third kappa shape index (κ3) is 2.44. The van der Waals surface area contributed by atoms with Crippen LogP contribution < -0.4 is 0 Å². The fraction of sp³-hybridized carbons (Fsp3) is 0.500. The van der Waals surface area contributed by atoms with Crippen LogP contribution in [0.25, 0.3) is 12.2 Å². The maximum absolute atomic E-state index is 10.3. The molecule has 1 aliphatic carbocycles. The number of rotatable bonds is 4. The molecule has 0 aromatic carbocycles. The van der Waals surface area contributed by atoms with Crippen LogP contribution in [0, 0.1) is 6.92 Å². The van der Waals surface area contributed by atoms with Gasteiger partial charge in [-0.15, -0.1) is 0 Å². The standard InChI is InChI=1S/C16H23NO/c1-4-16(18,5-2)11-10-14-12(3)13-8-6-7-9-15(13)17-14/h6,8,10-11,17-18H,4-5,7,9H2,1-3H3. The summed E-state index contributed by atoms with van der Waals surface area (Å²) in [6, 6.07) is 0. The molecule has 0 saturated carbocycles. The zero-order valence-electron chi connectivity index (χ0n) is 11.6. The van der Waals surface area contributed by atoms with Crippen LogP contribution in [0.5, 0.6) is 0 Å². The van der Waals surface area contributed by atoms with E-state index in [1.807, 2.05) is 26.0 Å². The molecular formula is C16H23NO. The molecule has 1 aromatic rings. The van der Waals surface area contributed by atoms with Gasteiger partial charge in [-0.2, -0.15) is 0 Å². The first-order valence-corrected chi connectivity index (χ1v) is 6.89. The van der Waals surface area contributed by atoms with Crippen molar-refractivity contribution in [3.8, 4) is 0 Å². The number of aromatic amines is 1. The molecule has 18 heavy (non-hydrogen) atoms. The van der Waals surface area contributed by atoms with E-state index in [-0.39, 0.29) is 0 Å². The molecule has 0 unspecified atom stereocenters. The minimum Gasteiger partial charge on any atom is -0.386 e. The summed E-state index contributed by atoms with van der Waals surface area (Å²) in [5, 5.41) is 10.3. The lowest BCUT2D eigenvalue weighted by Crippen LogP contribution is -2.22. The summed E-state index contributed by atoms with van der Waals surface area (Å²) < 4.78 is 0. The molecule has 1 aliphatic rings. The third-order valence-electron chi connectivity index (χ3n) is 4.05. The van der Waals surface area contributed by atoms with E-state index >= 15 is 0 Å². The largest absolute Gasteiger partial charge is 0.386 e. The van der Waals surface area contributed by atoms with Crippen molar-refractivity contribution in [1.82, 2.24) is 4.98 Å². The highest BCUT2D eigenvalue weighted by atomic mass is 16.3. The first kappa shape index (κ1) is 13.2. The van der Waals surface area contributed by atoms with Crippen molar-refractivity contribution < 1.29 is 5.11 Å². The van der Waals surface area contributed by atoms with E-state index in [1.54, 1.807) is 0 Å². The number of hydrogen-bond acceptors (Lipinski definition) is 1. The van der Waals surface area contributed by atoms with Gasteiger partial charge in [-0.25, -0.2) is 0 Å². The van der Waals surface area contributed by atoms with Crippen molar-refractivity contribution in [3.05, 3.63) is 34.7 Å². The van der Waals surface area contributed by atoms with Gasteiger partial charge in [0.1, 0.15) is 0 Å². The molecule has 0 radical (unpaired) electrons. The topological polar surface area (TPSA) is 36.0 Å². The molecule has 2 N–H and O–H groups in total. The monoisotopic (exact) mass is 245 g/mol. The molecule has 98 valence electrons. The minimum atomic E-state index is -0.673. The normalized spacial score (nSPS) is 15.3. The highest BCUT2D eigenvalue weighted by Crippen LogP contribution is 2.27. The van der Waals surface area contributed by atoms with Crippen LogP contribution in [0.1, 0.15) is 55.6 Å². The Morgan fingerprint density at radius 1 is 1.39 bits per heavy atom. The SMILES string of the molecule is CCC(O)(C=Cc1[nH]c2c(c1C)C=CCC2)CC. The summed E-state index contributed by atoms with van der Waals surface area (Å²) in [7, 11) is 0. The number of aliphatic hydroxyl groups is 1. The van der Waals surface area contributed by atoms with Crippen LogP contribution in [-0.4, -0.2) is 15.7 Å². The van der Waals surface area contributed by atoms with Gasteiger partial charge in [0.25, 0.3) is 0 Å². The zero-order valence-corrected chi connectivity index (χ0v) is 11.6. The lowest BCUT2D eigenvalue weighted by Gasteiger charge is -2.20. The van der Waals surface area contributed by atoms with E-state index in [0.29, 0.717) is 0 Å². The molecule has 0 fully saturated rings. The molecule has 0 atom stereocenters. The summed E-state index contributed by atoms with van der Waals surface area (Å²) in [4.78, 5) is 3.47. The van der Waals surface area contributed by atoms with Gasteiger partial charge in [0.15, 0.2) is 0 Å². The van der Waals surface area contributed by atoms with Gasteiger partial charge < -0.3 is 10.1 Å². The quantitative estimate of drug-likeness (QED) is 0.830. The molecule has 2 heteroatoms. The Morgan fingerprint density at radius 2 is 2.11 bits per heavy atom. The third-order valence-corrected chi connectivity index (χ3v) is 4.05. The fourth-order valence-electron chi connectivity index (χ4n) is 2.44. The van der Waals surface area contributed by atoms with Gasteiger partial charge in [0.05, 0.1) is 5.60 Å². The maximum Gasteiger partial charge on any atom is 0.0826 e. The molecule has 0 saturated heterocycles. The number of allylic oxidation sites excluding steroid dienone is 1. The molecular weight excluding hydrogens is 222 g/mol. The Morgan fingerprint density at radius 3 is 2.72 bits per heavy atom. The van der Waals surface area contributed by atoms with E-state index < -0.39 is 5.60 Å². The van der Waals surface area contributed by atoms with E-state index in [4.69, 9.17) is 0 Å². The van der Waals surface area contributed by atoms with Crippen molar-refractivity contribution in [2.45, 2.75) is 52.1 Å². The van der Waals surface area contributed by atoms with Gasteiger partial charge in [-0.1, -0.05) is 32.1 Å². The van der Waals surface area contributed by atoms with E-state index in [0.717, 1.165) is 31.4 Å². The smallest absolute Gasteiger partial charge is 0.0826 e. The van der Waals surface area contributed by atoms with Gasteiger partial charge >= 0.3 is 0 Å². The van der Waals surface area contributed by atoms with Crippen molar-refractivity contribution >= 4 is 12.2 Å². The van der Waals surface area contributed by atoms with E-state index in [1.165, 1.54) is 16.8 Å². The van der Waals surface area contributed by atoms with Crippen LogP contribution in [0.3, 0.4) is 0 Å². The van der Waals surface area contributed by atoms with Crippen molar-refractivity contribution in [1.29, 1.82) is 0 Å². The van der Waals surface area contributed by atoms with Crippen LogP contribution in [-0.2, 0) is 6.42 Å². The van der Waals surface area contributed by atoms with Crippen LogP contribution in [0.4, 0.5) is 0 Å². The maximum atomic E-state index is 10.3. The van der Waals surface area contributed by atoms with E-state index in [9.17, 15) is 5.11 Å². The molecule has 0 amide bonds. The molecule has 0 aliphatic heterocycles. The Hall–Kier alpha value is -1.28. The van der Waals surface area contributed by atoms with Gasteiger partial charge in [0.2, 0.25) is 0 Å². The Kier molecular flexibility index (Phi) is 3.76. The fourth-order valence-corrected chi connectivity index (χ4v) is 2.44. The predicted octanol–water partition coefficient (Wildman–Crippen LogP) is 3.85. The zero-order chi connectivity index (χ0) is 13.2. The molecule has 1 heterocycles. The second-order valence-corrected chi connectivity index (χ2v) is 5.14. The second-order valence-electron chi connectivity index (χ2n) is 5.14. The van der Waals surface area contributed by atoms with Crippen molar-refractivity contribution in [2.24, 2.45) is 0 Å². The number of aryl methyl sites for hydroxylation is 1. The first-order chi connectivity index (χ1) is 8.59. The summed E-state index contributed by atoms with van der Waals surface area (Å²) >= 11 is 0. The average Bonchev–Trinajstić information content (AvgIpc) is 2.73. The number of H-pyrrole nitrogens is 1. The number of fused-ring (bicyclic) bond motifs is 1. The Bertz CT molecular complexity index is 476. The minimum absolute atomic E-state index is 0.673. The van der Waals surface area contributed by atoms with Gasteiger partial charge in [-0.05, 0) is 49.8 Å².